The minimum absolute atomic E-state index is 0.00309. The summed E-state index contributed by atoms with van der Waals surface area (Å²) in [6.07, 6.45) is 3.36. The molecule has 0 saturated heterocycles. The van der Waals surface area contributed by atoms with Crippen molar-refractivity contribution in [3.63, 3.8) is 0 Å². The molecule has 0 spiro atoms. The van der Waals surface area contributed by atoms with Crippen molar-refractivity contribution in [2.45, 2.75) is 19.5 Å². The number of halogens is 1. The highest BCUT2D eigenvalue weighted by Crippen LogP contribution is 2.21. The van der Waals surface area contributed by atoms with Crippen molar-refractivity contribution in [2.24, 2.45) is 0 Å². The number of hydrogen-bond acceptors (Lipinski definition) is 4. The SMILES string of the molecule is C[C@@H](NCc1cccc([N+](=O)[O-])c1F)c1ccncc1. The molecule has 0 unspecified atom stereocenters. The predicted molar refractivity (Wildman–Crippen MR) is 72.5 cm³/mol. The highest BCUT2D eigenvalue weighted by Gasteiger charge is 2.17. The largest absolute Gasteiger partial charge is 0.306 e. The first-order valence-corrected chi connectivity index (χ1v) is 6.14. The van der Waals surface area contributed by atoms with Crippen LogP contribution in [0.4, 0.5) is 10.1 Å². The molecular weight excluding hydrogens is 261 g/mol. The Balaban J connectivity index is 2.08. The zero-order valence-electron chi connectivity index (χ0n) is 10.9. The normalized spacial score (nSPS) is 12.1. The van der Waals surface area contributed by atoms with Crippen LogP contribution in [0.5, 0.6) is 0 Å². The molecule has 0 aliphatic carbocycles. The number of benzene rings is 1. The Labute approximate surface area is 115 Å². The zero-order valence-corrected chi connectivity index (χ0v) is 10.9. The van der Waals surface area contributed by atoms with Gasteiger partial charge in [-0.25, -0.2) is 0 Å². The summed E-state index contributed by atoms with van der Waals surface area (Å²) in [5.74, 6) is -0.785. The standard InChI is InChI=1S/C14H14FN3O2/c1-10(11-5-7-16-8-6-11)17-9-12-3-2-4-13(14(12)15)18(19)20/h2-8,10,17H,9H2,1H3/t10-/m1/s1. The van der Waals surface area contributed by atoms with Crippen molar-refractivity contribution in [3.8, 4) is 0 Å². The monoisotopic (exact) mass is 275 g/mol. The van der Waals surface area contributed by atoms with Gasteiger partial charge in [-0.1, -0.05) is 12.1 Å². The van der Waals surface area contributed by atoms with E-state index in [2.05, 4.69) is 10.3 Å². The first-order chi connectivity index (χ1) is 9.59. The maximum atomic E-state index is 13.9. The van der Waals surface area contributed by atoms with Gasteiger partial charge in [0, 0.05) is 36.6 Å². The van der Waals surface area contributed by atoms with E-state index in [1.165, 1.54) is 12.1 Å². The molecule has 0 fully saturated rings. The number of nitro groups is 1. The van der Waals surface area contributed by atoms with Crippen molar-refractivity contribution in [3.05, 3.63) is 69.8 Å². The second kappa shape index (κ2) is 6.21. The summed E-state index contributed by atoms with van der Waals surface area (Å²) < 4.78 is 13.9. The van der Waals surface area contributed by atoms with Gasteiger partial charge in [-0.05, 0) is 24.6 Å². The van der Waals surface area contributed by atoms with Gasteiger partial charge in [0.05, 0.1) is 4.92 Å². The minimum atomic E-state index is -0.785. The maximum absolute atomic E-state index is 13.9. The van der Waals surface area contributed by atoms with Gasteiger partial charge in [-0.15, -0.1) is 0 Å². The van der Waals surface area contributed by atoms with Gasteiger partial charge in [0.25, 0.3) is 0 Å². The third kappa shape index (κ3) is 3.16. The van der Waals surface area contributed by atoms with Crippen LogP contribution in [0.25, 0.3) is 0 Å². The topological polar surface area (TPSA) is 68.1 Å². The number of rotatable bonds is 5. The average molecular weight is 275 g/mol. The molecule has 2 aromatic rings. The van der Waals surface area contributed by atoms with Crippen LogP contribution in [0.1, 0.15) is 24.1 Å². The maximum Gasteiger partial charge on any atom is 0.305 e. The Morgan fingerprint density at radius 2 is 2.05 bits per heavy atom. The number of nitro benzene ring substituents is 1. The van der Waals surface area contributed by atoms with E-state index >= 15 is 0 Å². The molecule has 1 aromatic carbocycles. The van der Waals surface area contributed by atoms with Gasteiger partial charge in [-0.3, -0.25) is 15.1 Å². The van der Waals surface area contributed by atoms with E-state index in [9.17, 15) is 14.5 Å². The molecule has 0 amide bonds. The van der Waals surface area contributed by atoms with Crippen LogP contribution in [0.2, 0.25) is 0 Å². The van der Waals surface area contributed by atoms with Crippen LogP contribution in [0.15, 0.2) is 42.7 Å². The van der Waals surface area contributed by atoms with Gasteiger partial charge in [0.1, 0.15) is 0 Å². The Bertz CT molecular complexity index is 605. The van der Waals surface area contributed by atoms with Gasteiger partial charge in [-0.2, -0.15) is 4.39 Å². The fourth-order valence-electron chi connectivity index (χ4n) is 1.88. The van der Waals surface area contributed by atoms with Crippen LogP contribution in [0, 0.1) is 15.9 Å². The van der Waals surface area contributed by atoms with Crippen molar-refractivity contribution >= 4 is 5.69 Å². The molecule has 0 saturated carbocycles. The molecule has 0 aliphatic heterocycles. The third-order valence-corrected chi connectivity index (χ3v) is 3.06. The van der Waals surface area contributed by atoms with Crippen LogP contribution in [-0.2, 0) is 6.54 Å². The van der Waals surface area contributed by atoms with E-state index in [1.807, 2.05) is 19.1 Å². The average Bonchev–Trinajstić information content (AvgIpc) is 2.46. The lowest BCUT2D eigenvalue weighted by atomic mass is 10.1. The van der Waals surface area contributed by atoms with E-state index in [0.29, 0.717) is 0 Å². The summed E-state index contributed by atoms with van der Waals surface area (Å²) in [5, 5.41) is 13.8. The van der Waals surface area contributed by atoms with Crippen LogP contribution in [-0.4, -0.2) is 9.91 Å². The highest BCUT2D eigenvalue weighted by molar-refractivity contribution is 5.36. The van der Waals surface area contributed by atoms with Crippen molar-refractivity contribution in [1.29, 1.82) is 0 Å². The molecule has 20 heavy (non-hydrogen) atoms. The number of nitrogens with one attached hydrogen (secondary N) is 1. The lowest BCUT2D eigenvalue weighted by molar-refractivity contribution is -0.387. The third-order valence-electron chi connectivity index (χ3n) is 3.06. The summed E-state index contributed by atoms with van der Waals surface area (Å²) in [7, 11) is 0. The zero-order chi connectivity index (χ0) is 14.5. The molecule has 1 heterocycles. The molecule has 5 nitrogen and oxygen atoms in total. The number of pyridine rings is 1. The Morgan fingerprint density at radius 3 is 2.70 bits per heavy atom. The van der Waals surface area contributed by atoms with Gasteiger partial charge < -0.3 is 5.32 Å². The van der Waals surface area contributed by atoms with Crippen molar-refractivity contribution < 1.29 is 9.31 Å². The number of nitrogens with zero attached hydrogens (tertiary/aromatic N) is 2. The lowest BCUT2D eigenvalue weighted by Gasteiger charge is -2.14. The molecule has 2 rings (SSSR count). The van der Waals surface area contributed by atoms with E-state index in [4.69, 9.17) is 0 Å². The second-order valence-corrected chi connectivity index (χ2v) is 4.39. The minimum Gasteiger partial charge on any atom is -0.306 e. The smallest absolute Gasteiger partial charge is 0.305 e. The highest BCUT2D eigenvalue weighted by atomic mass is 19.1. The second-order valence-electron chi connectivity index (χ2n) is 4.39. The van der Waals surface area contributed by atoms with Crippen molar-refractivity contribution in [1.82, 2.24) is 10.3 Å². The van der Waals surface area contributed by atoms with E-state index < -0.39 is 16.4 Å². The lowest BCUT2D eigenvalue weighted by Crippen LogP contribution is -2.19. The number of aromatic nitrogens is 1. The molecule has 0 aliphatic rings. The Morgan fingerprint density at radius 1 is 1.35 bits per heavy atom. The summed E-state index contributed by atoms with van der Waals surface area (Å²) in [6.45, 7) is 2.15. The van der Waals surface area contributed by atoms with Gasteiger partial charge in [0.2, 0.25) is 5.82 Å². The number of hydrogen-bond donors (Lipinski definition) is 1. The Hall–Kier alpha value is -2.34. The predicted octanol–water partition coefficient (Wildman–Crippen LogP) is 2.98. The van der Waals surface area contributed by atoms with Crippen LogP contribution < -0.4 is 5.32 Å². The summed E-state index contributed by atoms with van der Waals surface area (Å²) in [4.78, 5) is 13.9. The van der Waals surface area contributed by atoms with E-state index in [0.717, 1.165) is 11.6 Å². The Kier molecular flexibility index (Phi) is 4.37. The first-order valence-electron chi connectivity index (χ1n) is 6.14. The van der Waals surface area contributed by atoms with Crippen LogP contribution in [0.3, 0.4) is 0 Å². The molecule has 1 aromatic heterocycles. The summed E-state index contributed by atoms with van der Waals surface area (Å²) >= 11 is 0. The molecule has 1 atom stereocenters. The summed E-state index contributed by atoms with van der Waals surface area (Å²) in [5.41, 5.74) is 0.798. The molecule has 1 N–H and O–H groups in total. The first kappa shape index (κ1) is 14.1. The van der Waals surface area contributed by atoms with E-state index in [1.54, 1.807) is 12.4 Å². The fourth-order valence-corrected chi connectivity index (χ4v) is 1.88. The molecule has 0 bridgehead atoms. The quantitative estimate of drug-likeness (QED) is 0.672. The fraction of sp³-hybridized carbons (Fsp3) is 0.214. The molecular formula is C14H14FN3O2. The van der Waals surface area contributed by atoms with Crippen molar-refractivity contribution in [2.75, 3.05) is 0 Å². The van der Waals surface area contributed by atoms with E-state index in [-0.39, 0.29) is 18.2 Å². The molecule has 6 heteroatoms. The molecule has 104 valence electrons. The van der Waals surface area contributed by atoms with Crippen LogP contribution >= 0.6 is 0 Å². The molecule has 0 radical (unpaired) electrons. The summed E-state index contributed by atoms with van der Waals surface area (Å²) in [6, 6.07) is 7.90. The van der Waals surface area contributed by atoms with Gasteiger partial charge >= 0.3 is 5.69 Å². The van der Waals surface area contributed by atoms with Gasteiger partial charge in [0.15, 0.2) is 0 Å².